The predicted octanol–water partition coefficient (Wildman–Crippen LogP) is 2.75. The van der Waals surface area contributed by atoms with Crippen LogP contribution in [0.2, 0.25) is 0 Å². The number of nitrogens with one attached hydrogen (secondary N) is 1. The smallest absolute Gasteiger partial charge is 0.239 e. The molecule has 6 nitrogen and oxygen atoms in total. The number of likely N-dealkylation sites (tertiary alicyclic amines) is 1. The number of rotatable bonds is 4. The van der Waals surface area contributed by atoms with Crippen LogP contribution in [0.4, 0.5) is 11.4 Å². The third-order valence-electron chi connectivity index (χ3n) is 5.68. The van der Waals surface area contributed by atoms with Gasteiger partial charge in [-0.25, -0.2) is 0 Å². The molecule has 2 aliphatic heterocycles. The quantitative estimate of drug-likeness (QED) is 0.825. The maximum absolute atomic E-state index is 13.0. The van der Waals surface area contributed by atoms with Gasteiger partial charge in [0.1, 0.15) is 5.41 Å². The highest BCUT2D eigenvalue weighted by Gasteiger charge is 2.40. The molecule has 2 saturated heterocycles. The summed E-state index contributed by atoms with van der Waals surface area (Å²) in [6.45, 7) is 10.1. The summed E-state index contributed by atoms with van der Waals surface area (Å²) in [6, 6.07) is 7.76. The lowest BCUT2D eigenvalue weighted by Crippen LogP contribution is -2.49. The summed E-state index contributed by atoms with van der Waals surface area (Å²) in [5.74, 6) is 0.300. The Morgan fingerprint density at radius 2 is 1.70 bits per heavy atom. The van der Waals surface area contributed by atoms with Crippen LogP contribution < -0.4 is 10.2 Å². The minimum absolute atomic E-state index is 0.0873. The highest BCUT2D eigenvalue weighted by atomic mass is 16.5. The number of anilines is 2. The Balaban J connectivity index is 1.71. The second-order valence-electron chi connectivity index (χ2n) is 8.17. The van der Waals surface area contributed by atoms with Crippen molar-refractivity contribution in [1.82, 2.24) is 4.90 Å². The molecule has 0 radical (unpaired) electrons. The number of ether oxygens (including phenoxy) is 1. The van der Waals surface area contributed by atoms with Crippen molar-refractivity contribution in [2.24, 2.45) is 11.3 Å². The normalized spacial score (nSPS) is 19.1. The monoisotopic (exact) mass is 373 g/mol. The first kappa shape index (κ1) is 19.7. The van der Waals surface area contributed by atoms with E-state index in [9.17, 15) is 9.59 Å². The summed E-state index contributed by atoms with van der Waals surface area (Å²) >= 11 is 0. The van der Waals surface area contributed by atoms with Crippen molar-refractivity contribution in [3.8, 4) is 0 Å². The maximum atomic E-state index is 13.0. The van der Waals surface area contributed by atoms with Crippen LogP contribution in [-0.4, -0.2) is 56.1 Å². The molecule has 1 aromatic rings. The van der Waals surface area contributed by atoms with Crippen LogP contribution in [0.5, 0.6) is 0 Å². The summed E-state index contributed by atoms with van der Waals surface area (Å²) in [5.41, 5.74) is 0.625. The predicted molar refractivity (Wildman–Crippen MR) is 107 cm³/mol. The van der Waals surface area contributed by atoms with Gasteiger partial charge >= 0.3 is 0 Å². The number of amides is 2. The fourth-order valence-electron chi connectivity index (χ4n) is 3.64. The van der Waals surface area contributed by atoms with Gasteiger partial charge in [-0.3, -0.25) is 9.59 Å². The molecule has 0 aliphatic carbocycles. The van der Waals surface area contributed by atoms with E-state index in [1.807, 2.05) is 29.2 Å². The van der Waals surface area contributed by atoms with Crippen LogP contribution in [-0.2, 0) is 14.3 Å². The van der Waals surface area contributed by atoms with Crippen molar-refractivity contribution in [2.45, 2.75) is 33.6 Å². The van der Waals surface area contributed by atoms with Crippen LogP contribution in [0, 0.1) is 11.3 Å². The number of hydrogen-bond donors (Lipinski definition) is 1. The number of nitrogens with zero attached hydrogens (tertiary/aromatic N) is 2. The molecule has 148 valence electrons. The Labute approximate surface area is 161 Å². The molecule has 2 fully saturated rings. The van der Waals surface area contributed by atoms with Crippen molar-refractivity contribution in [3.63, 3.8) is 0 Å². The van der Waals surface area contributed by atoms with Gasteiger partial charge in [0.25, 0.3) is 0 Å². The van der Waals surface area contributed by atoms with Gasteiger partial charge in [-0.05, 0) is 44.7 Å². The molecule has 2 aliphatic rings. The first-order valence-electron chi connectivity index (χ1n) is 9.92. The average molecular weight is 373 g/mol. The number of carbonyl (C=O) groups is 2. The molecule has 0 unspecified atom stereocenters. The molecule has 0 spiro atoms. The summed E-state index contributed by atoms with van der Waals surface area (Å²) in [5, 5.41) is 3.01. The molecule has 0 aromatic heterocycles. The number of piperidine rings is 1. The Morgan fingerprint density at radius 1 is 1.07 bits per heavy atom. The van der Waals surface area contributed by atoms with Gasteiger partial charge in [0.05, 0.1) is 24.6 Å². The van der Waals surface area contributed by atoms with Crippen molar-refractivity contribution in [3.05, 3.63) is 24.3 Å². The van der Waals surface area contributed by atoms with E-state index in [0.717, 1.165) is 50.4 Å². The first-order valence-corrected chi connectivity index (χ1v) is 9.92. The van der Waals surface area contributed by atoms with Gasteiger partial charge in [0.15, 0.2) is 0 Å². The molecule has 27 heavy (non-hydrogen) atoms. The highest BCUT2D eigenvalue weighted by molar-refractivity contribution is 6.10. The molecular weight excluding hydrogens is 342 g/mol. The Bertz CT molecular complexity index is 675. The zero-order chi connectivity index (χ0) is 19.4. The van der Waals surface area contributed by atoms with Crippen LogP contribution in [0.1, 0.15) is 33.6 Å². The summed E-state index contributed by atoms with van der Waals surface area (Å²) in [4.78, 5) is 30.0. The molecule has 1 N–H and O–H groups in total. The van der Waals surface area contributed by atoms with Gasteiger partial charge in [-0.1, -0.05) is 19.1 Å². The van der Waals surface area contributed by atoms with E-state index in [1.165, 1.54) is 0 Å². The lowest BCUT2D eigenvalue weighted by Gasteiger charge is -2.36. The van der Waals surface area contributed by atoms with Gasteiger partial charge in [0.2, 0.25) is 11.8 Å². The largest absolute Gasteiger partial charge is 0.378 e. The molecular formula is C21H31N3O3. The zero-order valence-corrected chi connectivity index (χ0v) is 16.7. The third kappa shape index (κ3) is 4.43. The Hall–Kier alpha value is -2.08. The molecule has 6 heteroatoms. The van der Waals surface area contributed by atoms with Gasteiger partial charge in [-0.15, -0.1) is 0 Å². The number of hydrogen-bond acceptors (Lipinski definition) is 4. The lowest BCUT2D eigenvalue weighted by atomic mass is 9.88. The molecule has 1 aromatic carbocycles. The van der Waals surface area contributed by atoms with Gasteiger partial charge < -0.3 is 19.9 Å². The fraction of sp³-hybridized carbons (Fsp3) is 0.619. The van der Waals surface area contributed by atoms with E-state index < -0.39 is 5.41 Å². The Kier molecular flexibility index (Phi) is 6.05. The SMILES string of the molecule is CC1CCN(C(=O)C(C)(C)C(=O)Nc2ccccc2N2CCOCC2)CC1. The van der Waals surface area contributed by atoms with Crippen LogP contribution in [0.25, 0.3) is 0 Å². The van der Waals surface area contributed by atoms with Gasteiger partial charge in [0, 0.05) is 26.2 Å². The van der Waals surface area contributed by atoms with Crippen molar-refractivity contribution >= 4 is 23.2 Å². The second kappa shape index (κ2) is 8.30. The van der Waals surface area contributed by atoms with Crippen molar-refractivity contribution in [2.75, 3.05) is 49.6 Å². The van der Waals surface area contributed by atoms with Gasteiger partial charge in [-0.2, -0.15) is 0 Å². The third-order valence-corrected chi connectivity index (χ3v) is 5.68. The molecule has 2 heterocycles. The van der Waals surface area contributed by atoms with Crippen molar-refractivity contribution < 1.29 is 14.3 Å². The molecule has 0 saturated carbocycles. The molecule has 2 amide bonds. The van der Waals surface area contributed by atoms with E-state index in [0.29, 0.717) is 19.1 Å². The first-order chi connectivity index (χ1) is 12.9. The number of para-hydroxylation sites is 2. The van der Waals surface area contributed by atoms with Crippen molar-refractivity contribution in [1.29, 1.82) is 0 Å². The van der Waals surface area contributed by atoms with E-state index >= 15 is 0 Å². The summed E-state index contributed by atoms with van der Waals surface area (Å²) < 4.78 is 5.42. The van der Waals surface area contributed by atoms with Crippen LogP contribution >= 0.6 is 0 Å². The standard InChI is InChI=1S/C21H31N3O3/c1-16-8-10-24(11-9-16)20(26)21(2,3)19(25)22-17-6-4-5-7-18(17)23-12-14-27-15-13-23/h4-7,16H,8-15H2,1-3H3,(H,22,25). The van der Waals surface area contributed by atoms with E-state index in [4.69, 9.17) is 4.74 Å². The van der Waals surface area contributed by atoms with Crippen LogP contribution in [0.15, 0.2) is 24.3 Å². The lowest BCUT2D eigenvalue weighted by molar-refractivity contribution is -0.147. The minimum Gasteiger partial charge on any atom is -0.378 e. The van der Waals surface area contributed by atoms with E-state index in [1.54, 1.807) is 13.8 Å². The summed E-state index contributed by atoms with van der Waals surface area (Å²) in [7, 11) is 0. The van der Waals surface area contributed by atoms with E-state index in [-0.39, 0.29) is 11.8 Å². The molecule has 0 atom stereocenters. The molecule has 3 rings (SSSR count). The topological polar surface area (TPSA) is 61.9 Å². The Morgan fingerprint density at radius 3 is 2.37 bits per heavy atom. The van der Waals surface area contributed by atoms with E-state index in [2.05, 4.69) is 17.1 Å². The fourth-order valence-corrected chi connectivity index (χ4v) is 3.64. The number of benzene rings is 1. The number of morpholine rings is 1. The highest BCUT2D eigenvalue weighted by Crippen LogP contribution is 2.30. The second-order valence-corrected chi connectivity index (χ2v) is 8.17. The van der Waals surface area contributed by atoms with Crippen LogP contribution in [0.3, 0.4) is 0 Å². The average Bonchev–Trinajstić information content (AvgIpc) is 2.69. The summed E-state index contributed by atoms with van der Waals surface area (Å²) in [6.07, 6.45) is 2.01. The maximum Gasteiger partial charge on any atom is 0.239 e. The minimum atomic E-state index is -1.10. The molecule has 0 bridgehead atoms. The zero-order valence-electron chi connectivity index (χ0n) is 16.7. The number of carbonyl (C=O) groups excluding carboxylic acids is 2.